The zero-order valence-electron chi connectivity index (χ0n) is 7.57. The first kappa shape index (κ1) is 8.47. The fourth-order valence-electron chi connectivity index (χ4n) is 1.38. The summed E-state index contributed by atoms with van der Waals surface area (Å²) in [5.41, 5.74) is 2.72. The van der Waals surface area contributed by atoms with E-state index in [1.54, 1.807) is 0 Å². The Labute approximate surface area is 80.4 Å². The minimum absolute atomic E-state index is 1.30. The van der Waals surface area contributed by atoms with Crippen LogP contribution in [0.15, 0.2) is 48.3 Å². The van der Waals surface area contributed by atoms with Crippen LogP contribution in [0.2, 0.25) is 0 Å². The molecular formula is C12H11P. The van der Waals surface area contributed by atoms with E-state index in [0.717, 1.165) is 0 Å². The van der Waals surface area contributed by atoms with Crippen LogP contribution in [0.3, 0.4) is 0 Å². The van der Waals surface area contributed by atoms with Gasteiger partial charge < -0.3 is 0 Å². The Morgan fingerprint density at radius 3 is 2.38 bits per heavy atom. The predicted molar refractivity (Wildman–Crippen MR) is 59.1 cm³/mol. The molecule has 1 aromatic heterocycles. The minimum atomic E-state index is 1.30. The molecule has 0 amide bonds. The van der Waals surface area contributed by atoms with Gasteiger partial charge in [0.2, 0.25) is 0 Å². The molecule has 0 atom stereocenters. The molecule has 64 valence electrons. The molecule has 1 aromatic carbocycles. The summed E-state index contributed by atoms with van der Waals surface area (Å²) in [4.78, 5) is 0. The van der Waals surface area contributed by atoms with Crippen molar-refractivity contribution in [1.82, 2.24) is 0 Å². The summed E-state index contributed by atoms with van der Waals surface area (Å²) < 4.78 is 0. The minimum Gasteiger partial charge on any atom is -0.0678 e. The number of hydrogen-bond acceptors (Lipinski definition) is 0. The molecule has 2 rings (SSSR count). The molecule has 13 heavy (non-hydrogen) atoms. The topological polar surface area (TPSA) is 0 Å². The lowest BCUT2D eigenvalue weighted by Crippen LogP contribution is -1.78. The molecule has 1 heteroatoms. The maximum Gasteiger partial charge on any atom is 0.00928 e. The zero-order valence-corrected chi connectivity index (χ0v) is 8.46. The van der Waals surface area contributed by atoms with E-state index in [9.17, 15) is 0 Å². The maximum absolute atomic E-state index is 2.18. The highest BCUT2D eigenvalue weighted by atomic mass is 31.0. The third kappa shape index (κ3) is 1.79. The lowest BCUT2D eigenvalue weighted by atomic mass is 10.1. The molecule has 0 bridgehead atoms. The van der Waals surface area contributed by atoms with Crippen molar-refractivity contribution in [3.8, 4) is 10.9 Å². The highest BCUT2D eigenvalue weighted by Crippen LogP contribution is 2.29. The van der Waals surface area contributed by atoms with E-state index >= 15 is 0 Å². The predicted octanol–water partition coefficient (Wildman–Crippen LogP) is 4.24. The Bertz CT molecular complexity index is 393. The van der Waals surface area contributed by atoms with Crippen LogP contribution in [0.5, 0.6) is 0 Å². The summed E-state index contributed by atoms with van der Waals surface area (Å²) in [6.45, 7) is 2.16. The smallest absolute Gasteiger partial charge is 0.00928 e. The van der Waals surface area contributed by atoms with E-state index in [-0.39, 0.29) is 0 Å². The highest BCUT2D eigenvalue weighted by molar-refractivity contribution is 7.33. The van der Waals surface area contributed by atoms with Gasteiger partial charge in [-0.3, -0.25) is 0 Å². The molecule has 0 radical (unpaired) electrons. The van der Waals surface area contributed by atoms with Gasteiger partial charge in [0, 0.05) is 5.30 Å². The van der Waals surface area contributed by atoms with Crippen molar-refractivity contribution in [1.29, 1.82) is 0 Å². The van der Waals surface area contributed by atoms with Crippen LogP contribution in [0.1, 0.15) is 5.56 Å². The van der Waals surface area contributed by atoms with Crippen molar-refractivity contribution in [3.05, 3.63) is 53.8 Å². The zero-order chi connectivity index (χ0) is 9.10. The molecule has 2 aromatic rings. The van der Waals surface area contributed by atoms with Gasteiger partial charge in [-0.2, -0.15) is 0 Å². The van der Waals surface area contributed by atoms with E-state index in [4.69, 9.17) is 0 Å². The Balaban J connectivity index is 2.54. The monoisotopic (exact) mass is 186 g/mol. The van der Waals surface area contributed by atoms with Gasteiger partial charge in [0.05, 0.1) is 0 Å². The maximum atomic E-state index is 2.18. The van der Waals surface area contributed by atoms with Crippen molar-refractivity contribution >= 4 is 8.19 Å². The Morgan fingerprint density at radius 2 is 1.69 bits per heavy atom. The normalized spacial score (nSPS) is 10.5. The highest BCUT2D eigenvalue weighted by Gasteiger charge is 1.98. The summed E-state index contributed by atoms with van der Waals surface area (Å²) in [7, 11) is 1.30. The van der Waals surface area contributed by atoms with Gasteiger partial charge in [-0.25, -0.2) is 0 Å². The Morgan fingerprint density at radius 1 is 0.923 bits per heavy atom. The third-order valence-corrected chi connectivity index (χ3v) is 3.08. The van der Waals surface area contributed by atoms with E-state index in [1.165, 1.54) is 24.6 Å². The van der Waals surface area contributed by atoms with Gasteiger partial charge in [0.15, 0.2) is 0 Å². The summed E-state index contributed by atoms with van der Waals surface area (Å²) in [5.74, 6) is 2.17. The van der Waals surface area contributed by atoms with Crippen molar-refractivity contribution in [2.24, 2.45) is 0 Å². The molecule has 0 N–H and O–H groups in total. The SMILES string of the molecule is Cc1ccccc1-c1ccccp1. The van der Waals surface area contributed by atoms with Gasteiger partial charge >= 0.3 is 0 Å². The summed E-state index contributed by atoms with van der Waals surface area (Å²) in [6, 6.07) is 14.9. The Kier molecular flexibility index (Phi) is 2.42. The van der Waals surface area contributed by atoms with Crippen LogP contribution in [-0.4, -0.2) is 0 Å². The molecule has 0 fully saturated rings. The van der Waals surface area contributed by atoms with Crippen LogP contribution >= 0.6 is 8.19 Å². The van der Waals surface area contributed by atoms with E-state index in [1.807, 2.05) is 0 Å². The molecule has 0 nitrogen and oxygen atoms in total. The molecule has 0 aliphatic carbocycles. The second kappa shape index (κ2) is 3.72. The molecule has 0 saturated carbocycles. The van der Waals surface area contributed by atoms with Crippen LogP contribution in [0.4, 0.5) is 0 Å². The lowest BCUT2D eigenvalue weighted by molar-refractivity contribution is 1.48. The molecule has 0 aliphatic rings. The van der Waals surface area contributed by atoms with Crippen LogP contribution in [0.25, 0.3) is 10.9 Å². The number of aryl methyl sites for hydroxylation is 1. The van der Waals surface area contributed by atoms with E-state index in [2.05, 4.69) is 55.2 Å². The molecule has 0 spiro atoms. The van der Waals surface area contributed by atoms with Crippen LogP contribution in [-0.2, 0) is 0 Å². The summed E-state index contributed by atoms with van der Waals surface area (Å²) >= 11 is 0. The lowest BCUT2D eigenvalue weighted by Gasteiger charge is -2.03. The first-order valence-corrected chi connectivity index (χ1v) is 5.31. The third-order valence-electron chi connectivity index (χ3n) is 2.09. The quantitative estimate of drug-likeness (QED) is 0.624. The largest absolute Gasteiger partial charge is 0.0678 e. The fraction of sp³-hybridized carbons (Fsp3) is 0.0833. The first-order valence-electron chi connectivity index (χ1n) is 4.35. The molecular weight excluding hydrogens is 175 g/mol. The second-order valence-electron chi connectivity index (χ2n) is 3.03. The summed E-state index contributed by atoms with van der Waals surface area (Å²) in [5, 5.41) is 1.39. The van der Waals surface area contributed by atoms with E-state index < -0.39 is 0 Å². The van der Waals surface area contributed by atoms with Gasteiger partial charge in [-0.1, -0.05) is 44.6 Å². The molecule has 0 unspecified atom stereocenters. The van der Waals surface area contributed by atoms with Gasteiger partial charge in [0.25, 0.3) is 0 Å². The number of hydrogen-bond donors (Lipinski definition) is 0. The number of benzene rings is 1. The van der Waals surface area contributed by atoms with E-state index in [0.29, 0.717) is 0 Å². The average Bonchev–Trinajstić information content (AvgIpc) is 2.20. The number of rotatable bonds is 1. The van der Waals surface area contributed by atoms with Gasteiger partial charge in [0.1, 0.15) is 0 Å². The molecule has 1 heterocycles. The second-order valence-corrected chi connectivity index (χ2v) is 4.07. The first-order chi connectivity index (χ1) is 6.38. The van der Waals surface area contributed by atoms with Crippen LogP contribution in [0, 0.1) is 6.92 Å². The average molecular weight is 186 g/mol. The molecule has 0 aliphatic heterocycles. The van der Waals surface area contributed by atoms with Crippen molar-refractivity contribution < 1.29 is 0 Å². The van der Waals surface area contributed by atoms with Crippen molar-refractivity contribution in [2.75, 3.05) is 0 Å². The van der Waals surface area contributed by atoms with Gasteiger partial charge in [-0.15, -0.1) is 0 Å². The summed E-state index contributed by atoms with van der Waals surface area (Å²) in [6.07, 6.45) is 0. The van der Waals surface area contributed by atoms with Crippen molar-refractivity contribution in [2.45, 2.75) is 6.92 Å². The van der Waals surface area contributed by atoms with Gasteiger partial charge in [-0.05, 0) is 29.9 Å². The van der Waals surface area contributed by atoms with Crippen LogP contribution < -0.4 is 0 Å². The Hall–Kier alpha value is -1.13. The van der Waals surface area contributed by atoms with Crippen molar-refractivity contribution in [3.63, 3.8) is 0 Å². The standard InChI is InChI=1S/C12H11P/c1-10-6-2-3-7-11(10)12-8-4-5-9-13-12/h2-9H,1H3. The fourth-order valence-corrected chi connectivity index (χ4v) is 2.29. The molecule has 0 saturated heterocycles.